The fourth-order valence-corrected chi connectivity index (χ4v) is 2.20. The highest BCUT2D eigenvalue weighted by molar-refractivity contribution is 5.96. The number of hydrogen-bond donors (Lipinski definition) is 2. The lowest BCUT2D eigenvalue weighted by atomic mass is 10.1. The molecule has 0 bridgehead atoms. The maximum atomic E-state index is 12.1. The monoisotopic (exact) mass is 292 g/mol. The first-order valence-electron chi connectivity index (χ1n) is 7.42. The molecule has 0 fully saturated rings. The number of rotatable bonds is 8. The first kappa shape index (κ1) is 17.0. The van der Waals surface area contributed by atoms with E-state index in [1.807, 2.05) is 19.1 Å². The SMILES string of the molecule is CCC[C@@H](NC(=O)c1ccc(N(CC)CC)cc1)C(=O)O. The smallest absolute Gasteiger partial charge is 0.326 e. The Bertz CT molecular complexity index is 467. The van der Waals surface area contributed by atoms with E-state index in [2.05, 4.69) is 24.1 Å². The number of anilines is 1. The fourth-order valence-electron chi connectivity index (χ4n) is 2.20. The number of carbonyl (C=O) groups excluding carboxylic acids is 1. The van der Waals surface area contributed by atoms with Crippen molar-refractivity contribution in [2.24, 2.45) is 0 Å². The van der Waals surface area contributed by atoms with E-state index in [9.17, 15) is 9.59 Å². The summed E-state index contributed by atoms with van der Waals surface area (Å²) in [4.78, 5) is 25.3. The molecule has 1 rings (SSSR count). The molecule has 0 saturated heterocycles. The third kappa shape index (κ3) is 4.77. The van der Waals surface area contributed by atoms with Crippen molar-refractivity contribution in [1.29, 1.82) is 0 Å². The van der Waals surface area contributed by atoms with Crippen molar-refractivity contribution in [1.82, 2.24) is 5.32 Å². The zero-order valence-electron chi connectivity index (χ0n) is 12.9. The van der Waals surface area contributed by atoms with Crippen molar-refractivity contribution in [3.05, 3.63) is 29.8 Å². The lowest BCUT2D eigenvalue weighted by molar-refractivity contribution is -0.139. The summed E-state index contributed by atoms with van der Waals surface area (Å²) in [5.74, 6) is -1.34. The lowest BCUT2D eigenvalue weighted by Crippen LogP contribution is -2.40. The Morgan fingerprint density at radius 3 is 2.14 bits per heavy atom. The minimum Gasteiger partial charge on any atom is -0.480 e. The van der Waals surface area contributed by atoms with Crippen LogP contribution in [0.2, 0.25) is 0 Å². The van der Waals surface area contributed by atoms with E-state index in [-0.39, 0.29) is 5.91 Å². The Hall–Kier alpha value is -2.04. The van der Waals surface area contributed by atoms with Crippen LogP contribution < -0.4 is 10.2 Å². The van der Waals surface area contributed by atoms with Crippen LogP contribution in [0, 0.1) is 0 Å². The second kappa shape index (κ2) is 8.29. The number of hydrogen-bond acceptors (Lipinski definition) is 3. The van der Waals surface area contributed by atoms with Crippen LogP contribution in [-0.4, -0.2) is 36.1 Å². The van der Waals surface area contributed by atoms with Gasteiger partial charge in [0.15, 0.2) is 0 Å². The number of carbonyl (C=O) groups is 2. The van der Waals surface area contributed by atoms with E-state index in [1.54, 1.807) is 12.1 Å². The maximum absolute atomic E-state index is 12.1. The number of carboxylic acids is 1. The van der Waals surface area contributed by atoms with Gasteiger partial charge in [-0.2, -0.15) is 0 Å². The Labute approximate surface area is 126 Å². The third-order valence-corrected chi connectivity index (χ3v) is 3.44. The van der Waals surface area contributed by atoms with E-state index in [4.69, 9.17) is 5.11 Å². The molecule has 0 aromatic heterocycles. The molecule has 1 aromatic rings. The topological polar surface area (TPSA) is 69.6 Å². The molecular formula is C16H24N2O3. The third-order valence-electron chi connectivity index (χ3n) is 3.44. The summed E-state index contributed by atoms with van der Waals surface area (Å²) >= 11 is 0. The van der Waals surface area contributed by atoms with Crippen LogP contribution in [0.15, 0.2) is 24.3 Å². The molecule has 0 radical (unpaired) electrons. The van der Waals surface area contributed by atoms with E-state index in [0.29, 0.717) is 18.4 Å². The lowest BCUT2D eigenvalue weighted by Gasteiger charge is -2.21. The Balaban J connectivity index is 2.77. The number of benzene rings is 1. The average molecular weight is 292 g/mol. The molecule has 21 heavy (non-hydrogen) atoms. The van der Waals surface area contributed by atoms with Gasteiger partial charge in [-0.25, -0.2) is 4.79 Å². The van der Waals surface area contributed by atoms with Gasteiger partial charge in [-0.15, -0.1) is 0 Å². The quantitative estimate of drug-likeness (QED) is 0.772. The highest BCUT2D eigenvalue weighted by atomic mass is 16.4. The zero-order chi connectivity index (χ0) is 15.8. The van der Waals surface area contributed by atoms with Crippen LogP contribution >= 0.6 is 0 Å². The van der Waals surface area contributed by atoms with Gasteiger partial charge in [0.1, 0.15) is 6.04 Å². The summed E-state index contributed by atoms with van der Waals surface area (Å²) in [7, 11) is 0. The summed E-state index contributed by atoms with van der Waals surface area (Å²) in [5, 5.41) is 11.6. The van der Waals surface area contributed by atoms with Gasteiger partial charge >= 0.3 is 5.97 Å². The second-order valence-electron chi connectivity index (χ2n) is 4.87. The summed E-state index contributed by atoms with van der Waals surface area (Å²) in [6.45, 7) is 7.85. The molecule has 0 spiro atoms. The van der Waals surface area contributed by atoms with Gasteiger partial charge in [0.25, 0.3) is 5.91 Å². The zero-order valence-corrected chi connectivity index (χ0v) is 12.9. The summed E-state index contributed by atoms with van der Waals surface area (Å²) in [5.41, 5.74) is 1.54. The summed E-state index contributed by atoms with van der Waals surface area (Å²) < 4.78 is 0. The molecule has 1 atom stereocenters. The van der Waals surface area contributed by atoms with Crippen LogP contribution in [0.4, 0.5) is 5.69 Å². The van der Waals surface area contributed by atoms with E-state index in [0.717, 1.165) is 18.8 Å². The average Bonchev–Trinajstić information content (AvgIpc) is 2.48. The molecule has 1 aromatic carbocycles. The first-order chi connectivity index (χ1) is 10.0. The largest absolute Gasteiger partial charge is 0.480 e. The number of amides is 1. The van der Waals surface area contributed by atoms with Crippen LogP contribution in [0.3, 0.4) is 0 Å². The standard InChI is InChI=1S/C16H24N2O3/c1-4-7-14(16(20)21)17-15(19)12-8-10-13(11-9-12)18(5-2)6-3/h8-11,14H,4-7H2,1-3H3,(H,17,19)(H,20,21)/t14-/m1/s1. The predicted octanol–water partition coefficient (Wildman–Crippen LogP) is 2.52. The molecule has 5 heteroatoms. The summed E-state index contributed by atoms with van der Waals surface area (Å²) in [6.07, 6.45) is 1.14. The maximum Gasteiger partial charge on any atom is 0.326 e. The van der Waals surface area contributed by atoms with E-state index < -0.39 is 12.0 Å². The fraction of sp³-hybridized carbons (Fsp3) is 0.500. The highest BCUT2D eigenvalue weighted by Gasteiger charge is 2.19. The van der Waals surface area contributed by atoms with E-state index in [1.165, 1.54) is 0 Å². The van der Waals surface area contributed by atoms with Gasteiger partial charge in [0.05, 0.1) is 0 Å². The molecule has 116 valence electrons. The number of nitrogens with one attached hydrogen (secondary N) is 1. The van der Waals surface area contributed by atoms with Crippen LogP contribution in [0.25, 0.3) is 0 Å². The van der Waals surface area contributed by atoms with Gasteiger partial charge in [0.2, 0.25) is 0 Å². The predicted molar refractivity (Wildman–Crippen MR) is 83.8 cm³/mol. The normalized spacial score (nSPS) is 11.8. The van der Waals surface area contributed by atoms with Crippen LogP contribution in [0.1, 0.15) is 44.0 Å². The minimum absolute atomic E-state index is 0.345. The highest BCUT2D eigenvalue weighted by Crippen LogP contribution is 2.15. The van der Waals surface area contributed by atoms with Crippen molar-refractivity contribution in [3.63, 3.8) is 0 Å². The van der Waals surface area contributed by atoms with Gasteiger partial charge < -0.3 is 15.3 Å². The van der Waals surface area contributed by atoms with Crippen molar-refractivity contribution in [2.75, 3.05) is 18.0 Å². The van der Waals surface area contributed by atoms with Gasteiger partial charge in [-0.05, 0) is 44.5 Å². The van der Waals surface area contributed by atoms with Gasteiger partial charge in [-0.3, -0.25) is 4.79 Å². The van der Waals surface area contributed by atoms with E-state index >= 15 is 0 Å². The molecular weight excluding hydrogens is 268 g/mol. The molecule has 5 nitrogen and oxygen atoms in total. The van der Waals surface area contributed by atoms with Crippen LogP contribution in [0.5, 0.6) is 0 Å². The van der Waals surface area contributed by atoms with Gasteiger partial charge in [0, 0.05) is 24.3 Å². The molecule has 1 amide bonds. The Morgan fingerprint density at radius 1 is 1.14 bits per heavy atom. The Morgan fingerprint density at radius 2 is 1.71 bits per heavy atom. The number of nitrogens with zero attached hydrogens (tertiary/aromatic N) is 1. The van der Waals surface area contributed by atoms with Crippen molar-refractivity contribution < 1.29 is 14.7 Å². The molecule has 0 heterocycles. The van der Waals surface area contributed by atoms with Crippen molar-refractivity contribution in [3.8, 4) is 0 Å². The Kier molecular flexibility index (Phi) is 6.72. The molecule has 0 unspecified atom stereocenters. The van der Waals surface area contributed by atoms with Crippen LogP contribution in [-0.2, 0) is 4.79 Å². The molecule has 2 N–H and O–H groups in total. The second-order valence-corrected chi connectivity index (χ2v) is 4.87. The minimum atomic E-state index is -0.995. The molecule has 0 aliphatic heterocycles. The molecule has 0 saturated carbocycles. The number of carboxylic acid groups (broad SMARTS) is 1. The van der Waals surface area contributed by atoms with Gasteiger partial charge in [-0.1, -0.05) is 13.3 Å². The first-order valence-corrected chi connectivity index (χ1v) is 7.42. The van der Waals surface area contributed by atoms with Crippen molar-refractivity contribution >= 4 is 17.6 Å². The molecule has 0 aliphatic rings. The molecule has 0 aliphatic carbocycles. The van der Waals surface area contributed by atoms with Crippen molar-refractivity contribution in [2.45, 2.75) is 39.7 Å². The number of aliphatic carboxylic acids is 1. The summed E-state index contributed by atoms with van der Waals surface area (Å²) in [6, 6.07) is 6.40.